The van der Waals surface area contributed by atoms with Crippen LogP contribution in [0.25, 0.3) is 16.5 Å². The quantitative estimate of drug-likeness (QED) is 0.534. The van der Waals surface area contributed by atoms with Gasteiger partial charge in [0.1, 0.15) is 5.82 Å². The van der Waals surface area contributed by atoms with Gasteiger partial charge in [0, 0.05) is 34.2 Å². The van der Waals surface area contributed by atoms with Gasteiger partial charge in [-0.05, 0) is 73.8 Å². The molecule has 1 fully saturated rings. The van der Waals surface area contributed by atoms with Crippen molar-refractivity contribution >= 4 is 42.4 Å². The molecule has 29 heavy (non-hydrogen) atoms. The second kappa shape index (κ2) is 7.07. The van der Waals surface area contributed by atoms with Crippen LogP contribution in [0.1, 0.15) is 24.8 Å². The Balaban J connectivity index is 1.67. The number of halogens is 2. The molecule has 0 saturated carbocycles. The highest BCUT2D eigenvalue weighted by molar-refractivity contribution is 9.10. The highest BCUT2D eigenvalue weighted by Crippen LogP contribution is 2.37. The number of aromatic nitrogens is 1. The maximum Gasteiger partial charge on any atom is 0.268 e. The third kappa shape index (κ3) is 3.25. The van der Waals surface area contributed by atoms with Crippen molar-refractivity contribution in [3.8, 4) is 0 Å². The van der Waals surface area contributed by atoms with Gasteiger partial charge in [0.05, 0.1) is 10.4 Å². The number of fused-ring (bicyclic) bond motifs is 2. The molecule has 0 radical (unpaired) electrons. The van der Waals surface area contributed by atoms with E-state index in [4.69, 9.17) is 0 Å². The van der Waals surface area contributed by atoms with E-state index < -0.39 is 10.0 Å². The Morgan fingerprint density at radius 1 is 1.10 bits per heavy atom. The van der Waals surface area contributed by atoms with E-state index >= 15 is 0 Å². The van der Waals surface area contributed by atoms with Gasteiger partial charge < -0.3 is 0 Å². The lowest BCUT2D eigenvalue weighted by Gasteiger charge is -2.29. The van der Waals surface area contributed by atoms with Gasteiger partial charge in [-0.25, -0.2) is 16.8 Å². The molecule has 0 spiro atoms. The molecular weight excluding hydrogens is 455 g/mol. The zero-order valence-corrected chi connectivity index (χ0v) is 18.1. The third-order valence-corrected chi connectivity index (χ3v) is 8.19. The van der Waals surface area contributed by atoms with Crippen LogP contribution >= 0.6 is 15.9 Å². The van der Waals surface area contributed by atoms with Crippen molar-refractivity contribution in [3.05, 3.63) is 70.6 Å². The zero-order chi connectivity index (χ0) is 20.2. The molecule has 4 nitrogen and oxygen atoms in total. The summed E-state index contributed by atoms with van der Waals surface area (Å²) in [5.74, 6) is -0.364. The predicted molar refractivity (Wildman–Crippen MR) is 116 cm³/mol. The Morgan fingerprint density at radius 2 is 1.90 bits per heavy atom. The van der Waals surface area contributed by atoms with Gasteiger partial charge in [-0.2, -0.15) is 0 Å². The SMILES string of the molecule is O=S(=O)(c1ccc(Br)cc1)n1cc(C2=CCN3CCC[C@@H]3C2)c2cc(F)ccc21. The standard InChI is InChI=1S/C22H20BrFN2O2S/c23-16-3-6-19(7-4-16)29(27,28)26-14-21(20-13-17(24)5-8-22(20)26)15-9-11-25-10-1-2-18(25)12-15/h3-9,13-14,18H,1-2,10-12H2/t18-/m1/s1. The van der Waals surface area contributed by atoms with Gasteiger partial charge >= 0.3 is 0 Å². The maximum atomic E-state index is 14.1. The van der Waals surface area contributed by atoms with Crippen molar-refractivity contribution < 1.29 is 12.8 Å². The fourth-order valence-corrected chi connectivity index (χ4v) is 6.13. The Bertz CT molecular complexity index is 1230. The van der Waals surface area contributed by atoms with Crippen molar-refractivity contribution in [2.45, 2.75) is 30.2 Å². The molecule has 0 unspecified atom stereocenters. The molecule has 1 atom stereocenters. The van der Waals surface area contributed by atoms with Crippen LogP contribution in [-0.4, -0.2) is 36.4 Å². The molecule has 0 amide bonds. The van der Waals surface area contributed by atoms with E-state index in [1.807, 2.05) is 0 Å². The molecular formula is C22H20BrFN2O2S. The third-order valence-electron chi connectivity index (χ3n) is 5.98. The summed E-state index contributed by atoms with van der Waals surface area (Å²) in [5, 5.41) is 0.642. The van der Waals surface area contributed by atoms with Crippen LogP contribution in [0.2, 0.25) is 0 Å². The van der Waals surface area contributed by atoms with Gasteiger partial charge in [-0.1, -0.05) is 22.0 Å². The Kier molecular flexibility index (Phi) is 4.64. The molecule has 7 heteroatoms. The highest BCUT2D eigenvalue weighted by atomic mass is 79.9. The maximum absolute atomic E-state index is 14.1. The molecule has 150 valence electrons. The first kappa shape index (κ1) is 19.0. The average molecular weight is 475 g/mol. The van der Waals surface area contributed by atoms with Gasteiger partial charge in [0.15, 0.2) is 0 Å². The van der Waals surface area contributed by atoms with Crippen molar-refractivity contribution in [2.24, 2.45) is 0 Å². The lowest BCUT2D eigenvalue weighted by Crippen LogP contribution is -2.32. The molecule has 1 saturated heterocycles. The normalized spacial score (nSPS) is 20.1. The van der Waals surface area contributed by atoms with Crippen molar-refractivity contribution in [2.75, 3.05) is 13.1 Å². The Hall–Kier alpha value is -1.96. The van der Waals surface area contributed by atoms with Crippen molar-refractivity contribution in [1.82, 2.24) is 8.87 Å². The first-order valence-electron chi connectivity index (χ1n) is 9.69. The van der Waals surface area contributed by atoms with Gasteiger partial charge in [-0.15, -0.1) is 0 Å². The molecule has 1 aromatic heterocycles. The topological polar surface area (TPSA) is 42.3 Å². The average Bonchev–Trinajstić information content (AvgIpc) is 3.32. The summed E-state index contributed by atoms with van der Waals surface area (Å²) >= 11 is 3.34. The first-order chi connectivity index (χ1) is 13.9. The largest absolute Gasteiger partial charge is 0.296 e. The van der Waals surface area contributed by atoms with E-state index in [2.05, 4.69) is 26.9 Å². The zero-order valence-electron chi connectivity index (χ0n) is 15.7. The molecule has 0 N–H and O–H groups in total. The number of hydrogen-bond acceptors (Lipinski definition) is 3. The predicted octanol–water partition coefficient (Wildman–Crippen LogP) is 5.03. The summed E-state index contributed by atoms with van der Waals surface area (Å²) in [7, 11) is -3.79. The lowest BCUT2D eigenvalue weighted by molar-refractivity contribution is 0.275. The number of benzene rings is 2. The fraction of sp³-hybridized carbons (Fsp3) is 0.273. The van der Waals surface area contributed by atoms with E-state index in [-0.39, 0.29) is 10.7 Å². The van der Waals surface area contributed by atoms with Crippen LogP contribution in [-0.2, 0) is 10.0 Å². The molecule has 2 aliphatic rings. The number of hydrogen-bond donors (Lipinski definition) is 0. The van der Waals surface area contributed by atoms with Gasteiger partial charge in [-0.3, -0.25) is 4.90 Å². The molecule has 0 bridgehead atoms. The molecule has 2 aromatic carbocycles. The van der Waals surface area contributed by atoms with Crippen LogP contribution in [0.4, 0.5) is 4.39 Å². The minimum atomic E-state index is -3.79. The van der Waals surface area contributed by atoms with Crippen molar-refractivity contribution in [1.29, 1.82) is 0 Å². The summed E-state index contributed by atoms with van der Waals surface area (Å²) < 4.78 is 42.9. The summed E-state index contributed by atoms with van der Waals surface area (Å²) in [6.07, 6.45) is 7.05. The molecule has 2 aliphatic heterocycles. The van der Waals surface area contributed by atoms with Crippen LogP contribution in [0.3, 0.4) is 0 Å². The lowest BCUT2D eigenvalue weighted by atomic mass is 9.94. The molecule has 0 aliphatic carbocycles. The van der Waals surface area contributed by atoms with E-state index in [9.17, 15) is 12.8 Å². The molecule has 3 aromatic rings. The summed E-state index contributed by atoms with van der Waals surface area (Å²) in [5.41, 5.74) is 2.42. The van der Waals surface area contributed by atoms with Gasteiger partial charge in [0.25, 0.3) is 10.0 Å². The minimum absolute atomic E-state index is 0.202. The summed E-state index contributed by atoms with van der Waals surface area (Å²) in [6.45, 7) is 1.98. The monoisotopic (exact) mass is 474 g/mol. The van der Waals surface area contributed by atoms with Gasteiger partial charge in [0.2, 0.25) is 0 Å². The van der Waals surface area contributed by atoms with Crippen molar-refractivity contribution in [3.63, 3.8) is 0 Å². The minimum Gasteiger partial charge on any atom is -0.296 e. The first-order valence-corrected chi connectivity index (χ1v) is 11.9. The number of nitrogens with zero attached hydrogens (tertiary/aromatic N) is 2. The highest BCUT2D eigenvalue weighted by Gasteiger charge is 2.30. The summed E-state index contributed by atoms with van der Waals surface area (Å²) in [4.78, 5) is 2.66. The van der Waals surface area contributed by atoms with E-state index in [1.54, 1.807) is 36.5 Å². The van der Waals surface area contributed by atoms with Crippen LogP contribution in [0.15, 0.2) is 64.1 Å². The van der Waals surface area contributed by atoms with E-state index in [1.165, 1.54) is 22.5 Å². The molecule has 3 heterocycles. The Morgan fingerprint density at radius 3 is 2.69 bits per heavy atom. The molecule has 5 rings (SSSR count). The smallest absolute Gasteiger partial charge is 0.268 e. The summed E-state index contributed by atoms with van der Waals surface area (Å²) in [6, 6.07) is 11.4. The van der Waals surface area contributed by atoms with Crippen LogP contribution < -0.4 is 0 Å². The fourth-order valence-electron chi connectivity index (χ4n) is 4.50. The second-order valence-electron chi connectivity index (χ2n) is 7.68. The van der Waals surface area contributed by atoms with E-state index in [0.717, 1.165) is 41.5 Å². The number of rotatable bonds is 3. The Labute approximate surface area is 177 Å². The van der Waals surface area contributed by atoms with Crippen LogP contribution in [0.5, 0.6) is 0 Å². The van der Waals surface area contributed by atoms with Crippen LogP contribution in [0, 0.1) is 5.82 Å². The van der Waals surface area contributed by atoms with E-state index in [0.29, 0.717) is 16.9 Å². The second-order valence-corrected chi connectivity index (χ2v) is 10.4.